The van der Waals surface area contributed by atoms with Crippen molar-refractivity contribution < 1.29 is 4.79 Å². The Morgan fingerprint density at radius 2 is 2.20 bits per heavy atom. The van der Waals surface area contributed by atoms with Crippen LogP contribution in [0, 0.1) is 0 Å². The summed E-state index contributed by atoms with van der Waals surface area (Å²) in [4.78, 5) is 15.2. The minimum Gasteiger partial charge on any atom is -0.366 e. The molecule has 0 aliphatic carbocycles. The number of anilines is 2. The third-order valence-corrected chi connectivity index (χ3v) is 3.45. The number of pyridine rings is 1. The highest BCUT2D eigenvalue weighted by atomic mass is 16.1. The summed E-state index contributed by atoms with van der Waals surface area (Å²) < 4.78 is 0. The van der Waals surface area contributed by atoms with Crippen LogP contribution >= 0.6 is 0 Å². The highest BCUT2D eigenvalue weighted by molar-refractivity contribution is 5.92. The average molecular weight is 268 g/mol. The summed E-state index contributed by atoms with van der Waals surface area (Å²) in [6.07, 6.45) is 2.49. The third kappa shape index (κ3) is 2.48. The van der Waals surface area contributed by atoms with E-state index in [1.54, 1.807) is 12.1 Å². The fraction of sp³-hybridized carbons (Fsp3) is 0.200. The minimum atomic E-state index is -0.466. The Morgan fingerprint density at radius 1 is 1.30 bits per heavy atom. The molecule has 5 nitrogen and oxygen atoms in total. The summed E-state index contributed by atoms with van der Waals surface area (Å²) in [5, 5.41) is 6.66. The molecular weight excluding hydrogens is 252 g/mol. The van der Waals surface area contributed by atoms with Crippen molar-refractivity contribution in [1.82, 2.24) is 10.3 Å². The summed E-state index contributed by atoms with van der Waals surface area (Å²) in [5.74, 6) is 0.245. The van der Waals surface area contributed by atoms with Crippen LogP contribution in [0.25, 0.3) is 0 Å². The smallest absolute Gasteiger partial charge is 0.250 e. The lowest BCUT2D eigenvalue weighted by atomic mass is 9.99. The number of fused-ring (bicyclic) bond motifs is 1. The summed E-state index contributed by atoms with van der Waals surface area (Å²) in [7, 11) is 0. The van der Waals surface area contributed by atoms with Gasteiger partial charge in [0.25, 0.3) is 0 Å². The predicted octanol–water partition coefficient (Wildman–Crippen LogP) is 1.57. The first-order valence-corrected chi connectivity index (χ1v) is 6.58. The number of carbonyl (C=O) groups is 1. The molecule has 2 heterocycles. The number of nitrogens with two attached hydrogens (primary N) is 1. The average Bonchev–Trinajstić information content (AvgIpc) is 2.48. The van der Waals surface area contributed by atoms with Gasteiger partial charge in [0.2, 0.25) is 5.91 Å². The first-order chi connectivity index (χ1) is 9.74. The van der Waals surface area contributed by atoms with E-state index < -0.39 is 5.91 Å². The lowest BCUT2D eigenvalue weighted by molar-refractivity contribution is 0.1000. The molecule has 2 aromatic rings. The maximum absolute atomic E-state index is 11.0. The van der Waals surface area contributed by atoms with Crippen LogP contribution in [-0.4, -0.2) is 17.4 Å². The van der Waals surface area contributed by atoms with Crippen molar-refractivity contribution >= 4 is 17.4 Å². The Balaban J connectivity index is 1.86. The minimum absolute atomic E-state index is 0.412. The van der Waals surface area contributed by atoms with Gasteiger partial charge in [0.15, 0.2) is 0 Å². The summed E-state index contributed by atoms with van der Waals surface area (Å²) >= 11 is 0. The number of hydrogen-bond donors (Lipinski definition) is 3. The van der Waals surface area contributed by atoms with Gasteiger partial charge in [-0.25, -0.2) is 4.98 Å². The fourth-order valence-electron chi connectivity index (χ4n) is 2.40. The number of aromatic nitrogens is 1. The molecule has 3 rings (SSSR count). The first kappa shape index (κ1) is 12.6. The molecule has 5 heteroatoms. The second-order valence-electron chi connectivity index (χ2n) is 4.79. The Bertz CT molecular complexity index is 637. The predicted molar refractivity (Wildman–Crippen MR) is 77.9 cm³/mol. The zero-order valence-electron chi connectivity index (χ0n) is 11.0. The van der Waals surface area contributed by atoms with Crippen molar-refractivity contribution in [3.05, 3.63) is 53.2 Å². The van der Waals surface area contributed by atoms with Crippen LogP contribution in [0.3, 0.4) is 0 Å². The molecular formula is C15H16N4O. The molecule has 4 N–H and O–H groups in total. The van der Waals surface area contributed by atoms with E-state index in [0.29, 0.717) is 11.4 Å². The molecule has 0 radical (unpaired) electrons. The van der Waals surface area contributed by atoms with Crippen LogP contribution < -0.4 is 16.4 Å². The van der Waals surface area contributed by atoms with Crippen LogP contribution in [0.5, 0.6) is 0 Å². The lowest BCUT2D eigenvalue weighted by Crippen LogP contribution is -2.24. The SMILES string of the molecule is NC(=O)c1ccc(Nc2cccc3c2CCNC3)nc1. The first-order valence-electron chi connectivity index (χ1n) is 6.58. The summed E-state index contributed by atoms with van der Waals surface area (Å²) in [5.41, 5.74) is 9.33. The monoisotopic (exact) mass is 268 g/mol. The highest BCUT2D eigenvalue weighted by Crippen LogP contribution is 2.25. The molecule has 1 aromatic heterocycles. The molecule has 0 unspecified atom stereocenters. The molecule has 0 saturated heterocycles. The van der Waals surface area contributed by atoms with Gasteiger partial charge >= 0.3 is 0 Å². The number of amides is 1. The van der Waals surface area contributed by atoms with Crippen molar-refractivity contribution in [2.24, 2.45) is 5.73 Å². The Labute approximate surface area is 117 Å². The van der Waals surface area contributed by atoms with Crippen molar-refractivity contribution in [2.45, 2.75) is 13.0 Å². The summed E-state index contributed by atoms with van der Waals surface area (Å²) in [6, 6.07) is 9.66. The third-order valence-electron chi connectivity index (χ3n) is 3.45. The van der Waals surface area contributed by atoms with Crippen molar-refractivity contribution in [2.75, 3.05) is 11.9 Å². The van der Waals surface area contributed by atoms with Gasteiger partial charge in [0.05, 0.1) is 5.56 Å². The standard InChI is InChI=1S/C15H16N4O/c16-15(20)11-4-5-14(18-9-11)19-13-3-1-2-10-8-17-7-6-12(10)13/h1-5,9,17H,6-8H2,(H2,16,20)(H,18,19). The Morgan fingerprint density at radius 3 is 2.95 bits per heavy atom. The number of hydrogen-bond acceptors (Lipinski definition) is 4. The molecule has 1 aromatic carbocycles. The topological polar surface area (TPSA) is 80.0 Å². The zero-order valence-corrected chi connectivity index (χ0v) is 11.0. The molecule has 0 saturated carbocycles. The summed E-state index contributed by atoms with van der Waals surface area (Å²) in [6.45, 7) is 1.89. The van der Waals surface area contributed by atoms with E-state index in [1.807, 2.05) is 12.1 Å². The molecule has 0 bridgehead atoms. The Kier molecular flexibility index (Phi) is 3.35. The number of rotatable bonds is 3. The second-order valence-corrected chi connectivity index (χ2v) is 4.79. The van der Waals surface area contributed by atoms with Crippen molar-refractivity contribution in [1.29, 1.82) is 0 Å². The second kappa shape index (κ2) is 5.30. The largest absolute Gasteiger partial charge is 0.366 e. The van der Waals surface area contributed by atoms with Gasteiger partial charge in [0, 0.05) is 18.4 Å². The molecule has 0 atom stereocenters. The molecule has 0 spiro atoms. The van der Waals surface area contributed by atoms with Gasteiger partial charge in [-0.05, 0) is 42.3 Å². The van der Waals surface area contributed by atoms with E-state index in [2.05, 4.69) is 21.7 Å². The zero-order chi connectivity index (χ0) is 13.9. The van der Waals surface area contributed by atoms with E-state index in [-0.39, 0.29) is 0 Å². The van der Waals surface area contributed by atoms with Crippen molar-refractivity contribution in [3.63, 3.8) is 0 Å². The number of nitrogens with one attached hydrogen (secondary N) is 2. The molecule has 0 fully saturated rings. The maximum atomic E-state index is 11.0. The molecule has 1 amide bonds. The van der Waals surface area contributed by atoms with E-state index in [9.17, 15) is 4.79 Å². The number of benzene rings is 1. The van der Waals surface area contributed by atoms with Gasteiger partial charge in [-0.3, -0.25) is 4.79 Å². The van der Waals surface area contributed by atoms with Gasteiger partial charge in [-0.2, -0.15) is 0 Å². The number of nitrogens with zero attached hydrogens (tertiary/aromatic N) is 1. The quantitative estimate of drug-likeness (QED) is 0.789. The van der Waals surface area contributed by atoms with Crippen LogP contribution in [0.4, 0.5) is 11.5 Å². The van der Waals surface area contributed by atoms with Crippen LogP contribution in [0.15, 0.2) is 36.5 Å². The fourth-order valence-corrected chi connectivity index (χ4v) is 2.40. The highest BCUT2D eigenvalue weighted by Gasteiger charge is 2.12. The van der Waals surface area contributed by atoms with E-state index in [1.165, 1.54) is 17.3 Å². The van der Waals surface area contributed by atoms with Crippen molar-refractivity contribution in [3.8, 4) is 0 Å². The van der Waals surface area contributed by atoms with E-state index >= 15 is 0 Å². The normalized spacial score (nSPS) is 13.6. The van der Waals surface area contributed by atoms with E-state index in [0.717, 1.165) is 25.2 Å². The Hall–Kier alpha value is -2.40. The number of primary amides is 1. The van der Waals surface area contributed by atoms with Crippen LogP contribution in [0.2, 0.25) is 0 Å². The molecule has 102 valence electrons. The van der Waals surface area contributed by atoms with E-state index in [4.69, 9.17) is 5.73 Å². The van der Waals surface area contributed by atoms with Gasteiger partial charge in [-0.15, -0.1) is 0 Å². The van der Waals surface area contributed by atoms with Gasteiger partial charge in [0.1, 0.15) is 5.82 Å². The molecule has 1 aliphatic heterocycles. The van der Waals surface area contributed by atoms with Crippen LogP contribution in [0.1, 0.15) is 21.5 Å². The van der Waals surface area contributed by atoms with Gasteiger partial charge < -0.3 is 16.4 Å². The molecule has 1 aliphatic rings. The number of carbonyl (C=O) groups excluding carboxylic acids is 1. The maximum Gasteiger partial charge on any atom is 0.250 e. The van der Waals surface area contributed by atoms with Crippen LogP contribution in [-0.2, 0) is 13.0 Å². The van der Waals surface area contributed by atoms with Gasteiger partial charge in [-0.1, -0.05) is 12.1 Å². The molecule has 20 heavy (non-hydrogen) atoms. The lowest BCUT2D eigenvalue weighted by Gasteiger charge is -2.20.